The van der Waals surface area contributed by atoms with Gasteiger partial charge in [0.25, 0.3) is 0 Å². The fourth-order valence-corrected chi connectivity index (χ4v) is 4.77. The van der Waals surface area contributed by atoms with Crippen LogP contribution in [0.3, 0.4) is 0 Å². The number of thioether (sulfide) groups is 1. The van der Waals surface area contributed by atoms with Crippen LogP contribution in [-0.4, -0.2) is 45.6 Å². The summed E-state index contributed by atoms with van der Waals surface area (Å²) < 4.78 is 2.28. The normalized spacial score (nSPS) is 26.8. The van der Waals surface area contributed by atoms with E-state index in [0.717, 1.165) is 43.0 Å². The standard InChI is InChI=1S/C18H29N5OS/c1-13-4-6-14(7-5-13)19-16(24)12-25-18-21-20-17(22-10-2-3-11-22)23(18)15-8-9-15/h13-15H,2-12H2,1H3,(H,19,24). The van der Waals surface area contributed by atoms with Gasteiger partial charge in [0, 0.05) is 25.2 Å². The molecule has 138 valence electrons. The van der Waals surface area contributed by atoms with Crippen LogP contribution in [0.25, 0.3) is 0 Å². The molecule has 1 N–H and O–H groups in total. The third-order valence-electron chi connectivity index (χ3n) is 5.66. The Morgan fingerprint density at radius 2 is 1.84 bits per heavy atom. The zero-order chi connectivity index (χ0) is 17.2. The van der Waals surface area contributed by atoms with Crippen molar-refractivity contribution in [1.29, 1.82) is 0 Å². The predicted molar refractivity (Wildman–Crippen MR) is 100 cm³/mol. The van der Waals surface area contributed by atoms with Crippen LogP contribution in [0.4, 0.5) is 5.95 Å². The number of anilines is 1. The Morgan fingerprint density at radius 3 is 2.52 bits per heavy atom. The Labute approximate surface area is 154 Å². The fraction of sp³-hybridized carbons (Fsp3) is 0.833. The number of hydrogen-bond acceptors (Lipinski definition) is 5. The lowest BCUT2D eigenvalue weighted by atomic mass is 9.87. The van der Waals surface area contributed by atoms with Gasteiger partial charge in [-0.2, -0.15) is 0 Å². The van der Waals surface area contributed by atoms with Gasteiger partial charge in [-0.1, -0.05) is 18.7 Å². The molecule has 3 fully saturated rings. The Hall–Kier alpha value is -1.24. The maximum Gasteiger partial charge on any atom is 0.230 e. The first-order valence-corrected chi connectivity index (χ1v) is 10.8. The summed E-state index contributed by atoms with van der Waals surface area (Å²) in [6.45, 7) is 4.46. The SMILES string of the molecule is CC1CCC(NC(=O)CSc2nnc(N3CCCC3)n2C2CC2)CC1. The Morgan fingerprint density at radius 1 is 1.12 bits per heavy atom. The highest BCUT2D eigenvalue weighted by Gasteiger charge is 2.32. The van der Waals surface area contributed by atoms with Gasteiger partial charge in [-0.05, 0) is 57.3 Å². The summed E-state index contributed by atoms with van der Waals surface area (Å²) in [4.78, 5) is 14.7. The first kappa shape index (κ1) is 17.2. The fourth-order valence-electron chi connectivity index (χ4n) is 3.96. The smallest absolute Gasteiger partial charge is 0.230 e. The first-order chi connectivity index (χ1) is 12.2. The summed E-state index contributed by atoms with van der Waals surface area (Å²) in [6, 6.07) is 0.904. The van der Waals surface area contributed by atoms with Gasteiger partial charge in [0.15, 0.2) is 5.16 Å². The average Bonchev–Trinajstić information content (AvgIpc) is 3.13. The summed E-state index contributed by atoms with van der Waals surface area (Å²) >= 11 is 1.54. The van der Waals surface area contributed by atoms with Crippen molar-refractivity contribution in [2.45, 2.75) is 75.5 Å². The van der Waals surface area contributed by atoms with Crippen molar-refractivity contribution in [2.75, 3.05) is 23.7 Å². The number of aromatic nitrogens is 3. The van der Waals surface area contributed by atoms with Crippen molar-refractivity contribution in [1.82, 2.24) is 20.1 Å². The third kappa shape index (κ3) is 4.13. The minimum Gasteiger partial charge on any atom is -0.353 e. The molecule has 1 aliphatic heterocycles. The molecule has 1 aromatic heterocycles. The zero-order valence-corrected chi connectivity index (χ0v) is 15.9. The summed E-state index contributed by atoms with van der Waals surface area (Å²) in [5.74, 6) is 2.40. The van der Waals surface area contributed by atoms with Crippen LogP contribution in [0.5, 0.6) is 0 Å². The van der Waals surface area contributed by atoms with Crippen LogP contribution in [0.1, 0.15) is 64.3 Å². The number of carbonyl (C=O) groups excluding carboxylic acids is 1. The molecular formula is C18H29N5OS. The molecule has 3 aliphatic rings. The van der Waals surface area contributed by atoms with Gasteiger partial charge in [0.1, 0.15) is 0 Å². The monoisotopic (exact) mass is 363 g/mol. The molecule has 7 heteroatoms. The second kappa shape index (κ2) is 7.56. The molecule has 0 unspecified atom stereocenters. The Kier molecular flexibility index (Phi) is 5.20. The molecular weight excluding hydrogens is 334 g/mol. The minimum absolute atomic E-state index is 0.137. The molecule has 4 rings (SSSR count). The highest BCUT2D eigenvalue weighted by molar-refractivity contribution is 7.99. The van der Waals surface area contributed by atoms with Crippen molar-refractivity contribution >= 4 is 23.6 Å². The molecule has 0 bridgehead atoms. The molecule has 1 amide bonds. The molecule has 2 heterocycles. The Bertz CT molecular complexity index is 601. The van der Waals surface area contributed by atoms with E-state index in [-0.39, 0.29) is 5.91 Å². The molecule has 0 spiro atoms. The molecule has 2 saturated carbocycles. The largest absolute Gasteiger partial charge is 0.353 e. The zero-order valence-electron chi connectivity index (χ0n) is 15.1. The summed E-state index contributed by atoms with van der Waals surface area (Å²) in [5.41, 5.74) is 0. The second-order valence-electron chi connectivity index (χ2n) is 7.89. The van der Waals surface area contributed by atoms with E-state index in [9.17, 15) is 4.79 Å². The van der Waals surface area contributed by atoms with Crippen LogP contribution in [-0.2, 0) is 4.79 Å². The number of nitrogens with one attached hydrogen (secondary N) is 1. The van der Waals surface area contributed by atoms with Crippen LogP contribution in [0.15, 0.2) is 5.16 Å². The van der Waals surface area contributed by atoms with Crippen molar-refractivity contribution < 1.29 is 4.79 Å². The quantitative estimate of drug-likeness (QED) is 0.787. The van der Waals surface area contributed by atoms with E-state index in [1.807, 2.05) is 0 Å². The van der Waals surface area contributed by atoms with Crippen molar-refractivity contribution in [3.8, 4) is 0 Å². The van der Waals surface area contributed by atoms with E-state index in [0.29, 0.717) is 17.8 Å². The molecule has 2 aliphatic carbocycles. The molecule has 6 nitrogen and oxygen atoms in total. The van der Waals surface area contributed by atoms with Crippen LogP contribution in [0.2, 0.25) is 0 Å². The summed E-state index contributed by atoms with van der Waals surface area (Å²) in [5, 5.41) is 13.0. The van der Waals surface area contributed by atoms with E-state index in [1.165, 1.54) is 38.5 Å². The number of hydrogen-bond donors (Lipinski definition) is 1. The average molecular weight is 364 g/mol. The van der Waals surface area contributed by atoms with Gasteiger partial charge < -0.3 is 10.2 Å². The van der Waals surface area contributed by atoms with Gasteiger partial charge in [-0.25, -0.2) is 0 Å². The number of nitrogens with zero attached hydrogens (tertiary/aromatic N) is 4. The predicted octanol–water partition coefficient (Wildman–Crippen LogP) is 3.00. The van der Waals surface area contributed by atoms with E-state index in [1.54, 1.807) is 11.8 Å². The van der Waals surface area contributed by atoms with Gasteiger partial charge in [-0.15, -0.1) is 10.2 Å². The maximum absolute atomic E-state index is 12.3. The topological polar surface area (TPSA) is 63.1 Å². The summed E-state index contributed by atoms with van der Waals surface area (Å²) in [6.07, 6.45) is 9.59. The maximum atomic E-state index is 12.3. The number of amides is 1. The lowest BCUT2D eigenvalue weighted by molar-refractivity contribution is -0.119. The van der Waals surface area contributed by atoms with Crippen LogP contribution >= 0.6 is 11.8 Å². The van der Waals surface area contributed by atoms with Gasteiger partial charge in [-0.3, -0.25) is 9.36 Å². The molecule has 1 aromatic rings. The minimum atomic E-state index is 0.137. The van der Waals surface area contributed by atoms with Gasteiger partial charge >= 0.3 is 0 Å². The van der Waals surface area contributed by atoms with Crippen molar-refractivity contribution in [3.63, 3.8) is 0 Å². The molecule has 0 atom stereocenters. The number of carbonyl (C=O) groups is 1. The Balaban J connectivity index is 1.34. The van der Waals surface area contributed by atoms with E-state index >= 15 is 0 Å². The second-order valence-corrected chi connectivity index (χ2v) is 8.83. The molecule has 1 saturated heterocycles. The van der Waals surface area contributed by atoms with E-state index in [4.69, 9.17) is 0 Å². The van der Waals surface area contributed by atoms with Crippen LogP contribution < -0.4 is 10.2 Å². The van der Waals surface area contributed by atoms with Crippen molar-refractivity contribution in [3.05, 3.63) is 0 Å². The highest BCUT2D eigenvalue weighted by atomic mass is 32.2. The highest BCUT2D eigenvalue weighted by Crippen LogP contribution is 2.41. The summed E-state index contributed by atoms with van der Waals surface area (Å²) in [7, 11) is 0. The third-order valence-corrected chi connectivity index (χ3v) is 6.60. The van der Waals surface area contributed by atoms with E-state index < -0.39 is 0 Å². The number of rotatable bonds is 6. The lowest BCUT2D eigenvalue weighted by Crippen LogP contribution is -2.38. The first-order valence-electron chi connectivity index (χ1n) is 9.82. The van der Waals surface area contributed by atoms with E-state index in [2.05, 4.69) is 31.9 Å². The van der Waals surface area contributed by atoms with Crippen molar-refractivity contribution in [2.24, 2.45) is 5.92 Å². The molecule has 25 heavy (non-hydrogen) atoms. The molecule has 0 radical (unpaired) electrons. The van der Waals surface area contributed by atoms with Crippen LogP contribution in [0, 0.1) is 5.92 Å². The van der Waals surface area contributed by atoms with Gasteiger partial charge in [0.2, 0.25) is 11.9 Å². The lowest BCUT2D eigenvalue weighted by Gasteiger charge is -2.26. The van der Waals surface area contributed by atoms with Gasteiger partial charge in [0.05, 0.1) is 5.75 Å². The molecule has 0 aromatic carbocycles.